The van der Waals surface area contributed by atoms with E-state index in [1.165, 1.54) is 11.3 Å². The first-order chi connectivity index (χ1) is 13.8. The van der Waals surface area contributed by atoms with Crippen molar-refractivity contribution >= 4 is 11.8 Å². The van der Waals surface area contributed by atoms with E-state index in [4.69, 9.17) is 11.2 Å². The van der Waals surface area contributed by atoms with E-state index in [2.05, 4.69) is 40.1 Å². The van der Waals surface area contributed by atoms with Crippen molar-refractivity contribution < 1.29 is 9.53 Å². The van der Waals surface area contributed by atoms with Gasteiger partial charge in [-0.3, -0.25) is 4.90 Å². The van der Waals surface area contributed by atoms with Crippen molar-refractivity contribution in [3.63, 3.8) is 0 Å². The van der Waals surface area contributed by atoms with Gasteiger partial charge in [-0.05, 0) is 51.0 Å². The second kappa shape index (κ2) is 9.06. The Bertz CT molecular complexity index is 764. The Morgan fingerprint density at radius 2 is 1.79 bits per heavy atom. The Kier molecular flexibility index (Phi) is 6.71. The molecule has 6 nitrogen and oxygen atoms in total. The van der Waals surface area contributed by atoms with Gasteiger partial charge in [0.25, 0.3) is 0 Å². The van der Waals surface area contributed by atoms with Crippen LogP contribution in [0.2, 0.25) is 0 Å². The molecule has 0 aliphatic carbocycles. The van der Waals surface area contributed by atoms with Gasteiger partial charge in [-0.1, -0.05) is 5.92 Å². The average molecular weight is 399 g/mol. The predicted octanol–water partition coefficient (Wildman–Crippen LogP) is 2.44. The molecule has 2 aliphatic heterocycles. The fourth-order valence-corrected chi connectivity index (χ4v) is 3.91. The number of ether oxygens (including phenoxy) is 1. The van der Waals surface area contributed by atoms with E-state index in [1.54, 1.807) is 4.90 Å². The molecule has 1 aromatic rings. The zero-order chi connectivity index (χ0) is 21.0. The molecule has 2 heterocycles. The van der Waals surface area contributed by atoms with Crippen molar-refractivity contribution in [2.45, 2.75) is 39.8 Å². The topological polar surface area (TPSA) is 48.0 Å². The lowest BCUT2D eigenvalue weighted by Gasteiger charge is -2.38. The first-order valence-corrected chi connectivity index (χ1v) is 10.5. The van der Waals surface area contributed by atoms with E-state index in [0.717, 1.165) is 56.9 Å². The monoisotopic (exact) mass is 398 g/mol. The highest BCUT2D eigenvalue weighted by atomic mass is 16.6. The summed E-state index contributed by atoms with van der Waals surface area (Å²) < 4.78 is 5.51. The molecule has 2 fully saturated rings. The molecular formula is C23H34N4O2. The van der Waals surface area contributed by atoms with Crippen LogP contribution in [0.3, 0.4) is 0 Å². The maximum atomic E-state index is 12.3. The molecule has 0 bridgehead atoms. The number of hydrogen-bond acceptors (Lipinski definition) is 5. The van der Waals surface area contributed by atoms with E-state index >= 15 is 0 Å². The number of carbonyl (C=O) groups is 1. The second-order valence-corrected chi connectivity index (χ2v) is 8.91. The van der Waals surface area contributed by atoms with Crippen LogP contribution >= 0.6 is 0 Å². The number of rotatable bonds is 3. The lowest BCUT2D eigenvalue weighted by molar-refractivity contribution is 0.0240. The van der Waals surface area contributed by atoms with Crippen LogP contribution in [0.25, 0.3) is 0 Å². The molecule has 0 unspecified atom stereocenters. The van der Waals surface area contributed by atoms with Crippen LogP contribution in [0.15, 0.2) is 12.1 Å². The molecule has 29 heavy (non-hydrogen) atoms. The molecule has 0 aromatic heterocycles. The van der Waals surface area contributed by atoms with E-state index in [0.29, 0.717) is 13.1 Å². The molecule has 158 valence electrons. The molecule has 2 saturated heterocycles. The smallest absolute Gasteiger partial charge is 0.410 e. The van der Waals surface area contributed by atoms with Crippen molar-refractivity contribution in [1.29, 1.82) is 0 Å². The number of anilines is 1. The third kappa shape index (κ3) is 5.65. The summed E-state index contributed by atoms with van der Waals surface area (Å²) in [5, 5.41) is 3.40. The minimum atomic E-state index is -0.467. The summed E-state index contributed by atoms with van der Waals surface area (Å²) >= 11 is 0. The summed E-state index contributed by atoms with van der Waals surface area (Å²) in [5.41, 5.74) is 4.08. The maximum Gasteiger partial charge on any atom is 0.410 e. The third-order valence-corrected chi connectivity index (χ3v) is 5.48. The number of piperazine rings is 2. The van der Waals surface area contributed by atoms with Gasteiger partial charge in [0.15, 0.2) is 0 Å². The lowest BCUT2D eigenvalue weighted by Crippen LogP contribution is -2.50. The SMILES string of the molecule is C#Cc1cc(CN2CCNCC2)cc(N2CCN(C(=O)OC(C)(C)C)CC2)c1C. The fourth-order valence-electron chi connectivity index (χ4n) is 3.91. The molecule has 1 amide bonds. The Hall–Kier alpha value is -2.23. The highest BCUT2D eigenvalue weighted by Gasteiger charge is 2.27. The van der Waals surface area contributed by atoms with Crippen LogP contribution in [0.5, 0.6) is 0 Å². The van der Waals surface area contributed by atoms with Gasteiger partial charge in [-0.15, -0.1) is 6.42 Å². The molecule has 6 heteroatoms. The summed E-state index contributed by atoms with van der Waals surface area (Å²) in [4.78, 5) is 19.0. The Balaban J connectivity index is 1.70. The van der Waals surface area contributed by atoms with Crippen molar-refractivity contribution in [1.82, 2.24) is 15.1 Å². The number of amides is 1. The number of terminal acetylenes is 1. The second-order valence-electron chi connectivity index (χ2n) is 8.91. The van der Waals surface area contributed by atoms with Gasteiger partial charge in [0, 0.05) is 70.2 Å². The third-order valence-electron chi connectivity index (χ3n) is 5.48. The molecule has 0 radical (unpaired) electrons. The van der Waals surface area contributed by atoms with Crippen LogP contribution in [0.4, 0.5) is 10.5 Å². The molecule has 1 aromatic carbocycles. The lowest BCUT2D eigenvalue weighted by atomic mass is 10.0. The van der Waals surface area contributed by atoms with E-state index < -0.39 is 5.60 Å². The molecule has 1 N–H and O–H groups in total. The van der Waals surface area contributed by atoms with Crippen LogP contribution in [0, 0.1) is 19.3 Å². The van der Waals surface area contributed by atoms with Gasteiger partial charge >= 0.3 is 6.09 Å². The van der Waals surface area contributed by atoms with Crippen LogP contribution in [-0.2, 0) is 11.3 Å². The molecule has 0 spiro atoms. The number of carbonyl (C=O) groups excluding carboxylic acids is 1. The zero-order valence-electron chi connectivity index (χ0n) is 18.3. The van der Waals surface area contributed by atoms with Crippen molar-refractivity contribution in [2.24, 2.45) is 0 Å². The van der Waals surface area contributed by atoms with Crippen LogP contribution in [0.1, 0.15) is 37.5 Å². The van der Waals surface area contributed by atoms with Gasteiger partial charge < -0.3 is 19.9 Å². The molecular weight excluding hydrogens is 364 g/mol. The molecule has 3 rings (SSSR count). The fraction of sp³-hybridized carbons (Fsp3) is 0.609. The number of nitrogens with zero attached hydrogens (tertiary/aromatic N) is 3. The molecule has 0 saturated carbocycles. The van der Waals surface area contributed by atoms with Gasteiger partial charge in [0.2, 0.25) is 0 Å². The van der Waals surface area contributed by atoms with Crippen molar-refractivity contribution in [3.8, 4) is 12.3 Å². The first kappa shape index (κ1) is 21.5. The normalized spacial score (nSPS) is 18.4. The highest BCUT2D eigenvalue weighted by Crippen LogP contribution is 2.27. The van der Waals surface area contributed by atoms with Crippen molar-refractivity contribution in [2.75, 3.05) is 57.3 Å². The maximum absolute atomic E-state index is 12.3. The van der Waals surface area contributed by atoms with Gasteiger partial charge in [-0.25, -0.2) is 4.79 Å². The quantitative estimate of drug-likeness (QED) is 0.793. The number of nitrogens with one attached hydrogen (secondary N) is 1. The highest BCUT2D eigenvalue weighted by molar-refractivity contribution is 5.69. The largest absolute Gasteiger partial charge is 0.444 e. The molecule has 0 atom stereocenters. The average Bonchev–Trinajstić information content (AvgIpc) is 2.69. The first-order valence-electron chi connectivity index (χ1n) is 10.5. The van der Waals surface area contributed by atoms with Crippen LogP contribution < -0.4 is 10.2 Å². The van der Waals surface area contributed by atoms with E-state index in [1.807, 2.05) is 20.8 Å². The Labute approximate surface area is 175 Å². The predicted molar refractivity (Wildman–Crippen MR) is 117 cm³/mol. The van der Waals surface area contributed by atoms with Gasteiger partial charge in [0.1, 0.15) is 5.60 Å². The number of benzene rings is 1. The zero-order valence-corrected chi connectivity index (χ0v) is 18.3. The summed E-state index contributed by atoms with van der Waals surface area (Å²) in [6, 6.07) is 4.43. The number of hydrogen-bond donors (Lipinski definition) is 1. The van der Waals surface area contributed by atoms with Crippen LogP contribution in [-0.4, -0.2) is 73.9 Å². The summed E-state index contributed by atoms with van der Waals surface area (Å²) in [7, 11) is 0. The summed E-state index contributed by atoms with van der Waals surface area (Å²) in [5.74, 6) is 2.86. The Morgan fingerprint density at radius 3 is 2.38 bits per heavy atom. The van der Waals surface area contributed by atoms with Gasteiger partial charge in [-0.2, -0.15) is 0 Å². The minimum Gasteiger partial charge on any atom is -0.444 e. The van der Waals surface area contributed by atoms with Gasteiger partial charge in [0.05, 0.1) is 0 Å². The summed E-state index contributed by atoms with van der Waals surface area (Å²) in [6.45, 7) is 15.8. The Morgan fingerprint density at radius 1 is 1.14 bits per heavy atom. The summed E-state index contributed by atoms with van der Waals surface area (Å²) in [6.07, 6.45) is 5.58. The standard InChI is InChI=1S/C23H34N4O2/c1-6-20-15-19(17-25-9-7-24-8-10-25)16-21(18(20)2)26-11-13-27(14-12-26)22(28)29-23(3,4)5/h1,15-16,24H,7-14,17H2,2-5H3. The minimum absolute atomic E-state index is 0.231. The van der Waals surface area contributed by atoms with Crippen molar-refractivity contribution in [3.05, 3.63) is 28.8 Å². The van der Waals surface area contributed by atoms with E-state index in [-0.39, 0.29) is 6.09 Å². The van der Waals surface area contributed by atoms with E-state index in [9.17, 15) is 4.79 Å². The molecule has 2 aliphatic rings.